The summed E-state index contributed by atoms with van der Waals surface area (Å²) in [7, 11) is 0. The van der Waals surface area contributed by atoms with Crippen molar-refractivity contribution >= 4 is 27.9 Å². The van der Waals surface area contributed by atoms with E-state index in [0.717, 1.165) is 22.3 Å². The zero-order chi connectivity index (χ0) is 14.8. The lowest BCUT2D eigenvalue weighted by molar-refractivity contribution is 0.192. The highest BCUT2D eigenvalue weighted by molar-refractivity contribution is 7.07. The highest BCUT2D eigenvalue weighted by atomic mass is 32.1. The quantitative estimate of drug-likeness (QED) is 0.768. The van der Waals surface area contributed by atoms with E-state index in [4.69, 9.17) is 0 Å². The van der Waals surface area contributed by atoms with Crippen LogP contribution in [-0.4, -0.2) is 16.6 Å². The summed E-state index contributed by atoms with van der Waals surface area (Å²) in [6.07, 6.45) is -0.590. The van der Waals surface area contributed by atoms with Crippen molar-refractivity contribution in [3.63, 3.8) is 0 Å². The Morgan fingerprint density at radius 3 is 3.00 bits per heavy atom. The van der Waals surface area contributed by atoms with Crippen molar-refractivity contribution in [2.75, 3.05) is 11.9 Å². The van der Waals surface area contributed by atoms with Crippen LogP contribution in [0.4, 0.5) is 10.1 Å². The third-order valence-electron chi connectivity index (χ3n) is 3.33. The molecule has 0 fully saturated rings. The minimum absolute atomic E-state index is 0.336. The molecule has 2 N–H and O–H groups in total. The molecule has 0 aliphatic rings. The molecule has 1 aromatic carbocycles. The fourth-order valence-corrected chi connectivity index (χ4v) is 2.98. The second-order valence-corrected chi connectivity index (χ2v) is 5.68. The van der Waals surface area contributed by atoms with Crippen molar-refractivity contribution in [3.05, 3.63) is 58.2 Å². The van der Waals surface area contributed by atoms with Crippen molar-refractivity contribution in [2.24, 2.45) is 0 Å². The zero-order valence-corrected chi connectivity index (χ0v) is 12.3. The molecule has 0 saturated heterocycles. The van der Waals surface area contributed by atoms with Crippen molar-refractivity contribution in [3.8, 4) is 0 Å². The number of rotatable bonds is 4. The fraction of sp³-hybridized carbons (Fsp3) is 0.188. The molecule has 21 heavy (non-hydrogen) atoms. The molecule has 0 radical (unpaired) electrons. The van der Waals surface area contributed by atoms with Crippen LogP contribution >= 0.6 is 11.3 Å². The van der Waals surface area contributed by atoms with E-state index in [9.17, 15) is 9.50 Å². The number of nitrogens with one attached hydrogen (secondary N) is 1. The molecule has 3 nitrogen and oxygen atoms in total. The number of aliphatic hydroxyl groups is 1. The summed E-state index contributed by atoms with van der Waals surface area (Å²) in [6.45, 7) is 2.19. The molecule has 0 aliphatic heterocycles. The van der Waals surface area contributed by atoms with E-state index in [2.05, 4.69) is 10.3 Å². The van der Waals surface area contributed by atoms with Crippen molar-refractivity contribution in [1.82, 2.24) is 4.98 Å². The average molecular weight is 302 g/mol. The van der Waals surface area contributed by atoms with Crippen LogP contribution in [0.3, 0.4) is 0 Å². The molecule has 1 atom stereocenters. The first-order chi connectivity index (χ1) is 10.1. The molecule has 2 heterocycles. The van der Waals surface area contributed by atoms with Gasteiger partial charge in [0.25, 0.3) is 0 Å². The SMILES string of the molecule is Cc1cc(NCC(O)c2ccsc2)c2cccc(F)c2n1. The van der Waals surface area contributed by atoms with Crippen molar-refractivity contribution < 1.29 is 9.50 Å². The summed E-state index contributed by atoms with van der Waals surface area (Å²) in [6, 6.07) is 8.65. The lowest BCUT2D eigenvalue weighted by atomic mass is 10.1. The number of hydrogen-bond donors (Lipinski definition) is 2. The largest absolute Gasteiger partial charge is 0.387 e. The molecule has 0 spiro atoms. The first kappa shape index (κ1) is 14.0. The first-order valence-corrected chi connectivity index (χ1v) is 7.59. The standard InChI is InChI=1S/C16H15FN2OS/c1-10-7-14(12-3-2-4-13(17)16(12)19-10)18-8-15(20)11-5-6-21-9-11/h2-7,9,15,20H,8H2,1H3,(H,18,19). The third kappa shape index (κ3) is 2.89. The van der Waals surface area contributed by atoms with Crippen molar-refractivity contribution in [1.29, 1.82) is 0 Å². The molecular weight excluding hydrogens is 287 g/mol. The van der Waals surface area contributed by atoms with Crippen LogP contribution in [0.1, 0.15) is 17.4 Å². The molecule has 5 heteroatoms. The van der Waals surface area contributed by atoms with Gasteiger partial charge in [-0.15, -0.1) is 0 Å². The summed E-state index contributed by atoms with van der Waals surface area (Å²) in [5.74, 6) is -0.336. The number of nitrogens with zero attached hydrogens (tertiary/aromatic N) is 1. The van der Waals surface area contributed by atoms with Gasteiger partial charge in [-0.1, -0.05) is 12.1 Å². The minimum atomic E-state index is -0.590. The van der Waals surface area contributed by atoms with Gasteiger partial charge < -0.3 is 10.4 Å². The monoisotopic (exact) mass is 302 g/mol. The number of fused-ring (bicyclic) bond motifs is 1. The number of aliphatic hydroxyl groups excluding tert-OH is 1. The van der Waals surface area contributed by atoms with Gasteiger partial charge in [0.2, 0.25) is 0 Å². The number of anilines is 1. The lowest BCUT2D eigenvalue weighted by Crippen LogP contribution is -2.12. The number of pyridine rings is 1. The van der Waals surface area contributed by atoms with Gasteiger partial charge >= 0.3 is 0 Å². The summed E-state index contributed by atoms with van der Waals surface area (Å²) in [4.78, 5) is 4.24. The Bertz CT molecular complexity index is 758. The van der Waals surface area contributed by atoms with Crippen LogP contribution in [0.5, 0.6) is 0 Å². The molecule has 108 valence electrons. The van der Waals surface area contributed by atoms with Gasteiger partial charge in [-0.05, 0) is 41.4 Å². The van der Waals surface area contributed by atoms with Crippen LogP contribution in [-0.2, 0) is 0 Å². The Labute approximate surface area is 126 Å². The second-order valence-electron chi connectivity index (χ2n) is 4.90. The van der Waals surface area contributed by atoms with E-state index in [-0.39, 0.29) is 5.82 Å². The third-order valence-corrected chi connectivity index (χ3v) is 4.03. The van der Waals surface area contributed by atoms with Gasteiger partial charge in [0.15, 0.2) is 0 Å². The Kier molecular flexibility index (Phi) is 3.86. The van der Waals surface area contributed by atoms with Crippen molar-refractivity contribution in [2.45, 2.75) is 13.0 Å². The number of halogens is 1. The molecular formula is C16H15FN2OS. The van der Waals surface area contributed by atoms with E-state index >= 15 is 0 Å². The summed E-state index contributed by atoms with van der Waals surface area (Å²) in [5, 5.41) is 17.9. The fourth-order valence-electron chi connectivity index (χ4n) is 2.28. The maximum Gasteiger partial charge on any atom is 0.149 e. The molecule has 3 rings (SSSR count). The van der Waals surface area contributed by atoms with E-state index in [1.165, 1.54) is 6.07 Å². The number of hydrogen-bond acceptors (Lipinski definition) is 4. The number of benzene rings is 1. The van der Waals surface area contributed by atoms with E-state index in [1.54, 1.807) is 17.4 Å². The smallest absolute Gasteiger partial charge is 0.149 e. The van der Waals surface area contributed by atoms with Gasteiger partial charge in [-0.3, -0.25) is 0 Å². The molecule has 1 unspecified atom stereocenters. The first-order valence-electron chi connectivity index (χ1n) is 6.65. The van der Waals surface area contributed by atoms with E-state index in [1.807, 2.05) is 35.9 Å². The van der Waals surface area contributed by atoms with Gasteiger partial charge in [-0.2, -0.15) is 11.3 Å². The Hall–Kier alpha value is -1.98. The molecule has 2 aromatic heterocycles. The van der Waals surface area contributed by atoms with Gasteiger partial charge in [0.1, 0.15) is 11.3 Å². The van der Waals surface area contributed by atoms with Crippen LogP contribution in [0.2, 0.25) is 0 Å². The maximum absolute atomic E-state index is 13.8. The highest BCUT2D eigenvalue weighted by Gasteiger charge is 2.11. The van der Waals surface area contributed by atoms with E-state index in [0.29, 0.717) is 12.1 Å². The Balaban J connectivity index is 1.88. The van der Waals surface area contributed by atoms with Crippen LogP contribution < -0.4 is 5.32 Å². The number of aromatic nitrogens is 1. The summed E-state index contributed by atoms with van der Waals surface area (Å²) >= 11 is 1.55. The number of para-hydroxylation sites is 1. The van der Waals surface area contributed by atoms with Gasteiger partial charge in [0, 0.05) is 23.3 Å². The molecule has 0 amide bonds. The second kappa shape index (κ2) is 5.79. The normalized spacial score (nSPS) is 12.5. The predicted octanol–water partition coefficient (Wildman–Crippen LogP) is 3.89. The Morgan fingerprint density at radius 2 is 2.24 bits per heavy atom. The zero-order valence-electron chi connectivity index (χ0n) is 11.5. The highest BCUT2D eigenvalue weighted by Crippen LogP contribution is 2.26. The number of thiophene rings is 1. The average Bonchev–Trinajstić information content (AvgIpc) is 3.00. The van der Waals surface area contributed by atoms with Crippen LogP contribution in [0, 0.1) is 12.7 Å². The van der Waals surface area contributed by atoms with E-state index < -0.39 is 6.10 Å². The topological polar surface area (TPSA) is 45.1 Å². The molecule has 0 saturated carbocycles. The molecule has 3 aromatic rings. The molecule has 0 bridgehead atoms. The van der Waals surface area contributed by atoms with Crippen LogP contribution in [0.25, 0.3) is 10.9 Å². The lowest BCUT2D eigenvalue weighted by Gasteiger charge is -2.14. The summed E-state index contributed by atoms with van der Waals surface area (Å²) < 4.78 is 13.8. The predicted molar refractivity (Wildman–Crippen MR) is 84.2 cm³/mol. The maximum atomic E-state index is 13.8. The van der Waals surface area contributed by atoms with Crippen LogP contribution in [0.15, 0.2) is 41.1 Å². The Morgan fingerprint density at radius 1 is 1.38 bits per heavy atom. The minimum Gasteiger partial charge on any atom is -0.387 e. The molecule has 0 aliphatic carbocycles. The summed E-state index contributed by atoms with van der Waals surface area (Å²) in [5.41, 5.74) is 2.75. The van der Waals surface area contributed by atoms with Gasteiger partial charge in [-0.25, -0.2) is 9.37 Å². The van der Waals surface area contributed by atoms with Gasteiger partial charge in [0.05, 0.1) is 6.10 Å². The number of aryl methyl sites for hydroxylation is 1.